The molecule has 0 atom stereocenters. The zero-order valence-electron chi connectivity index (χ0n) is 33.7. The van der Waals surface area contributed by atoms with Gasteiger partial charge in [-0.25, -0.2) is 0 Å². The molecule has 0 radical (unpaired) electrons. The van der Waals surface area contributed by atoms with Crippen molar-refractivity contribution in [3.8, 4) is 66.8 Å². The molecule has 0 saturated heterocycles. The van der Waals surface area contributed by atoms with Gasteiger partial charge < -0.3 is 0 Å². The molecule has 294 valence electrons. The van der Waals surface area contributed by atoms with Gasteiger partial charge >= 0.3 is 0 Å². The van der Waals surface area contributed by atoms with Crippen LogP contribution < -0.4 is 0 Å². The Kier molecular flexibility index (Phi) is 8.47. The lowest BCUT2D eigenvalue weighted by molar-refractivity contribution is 1.45. The summed E-state index contributed by atoms with van der Waals surface area (Å²) in [6.07, 6.45) is 13.4. The molecule has 0 aromatic heterocycles. The van der Waals surface area contributed by atoms with Crippen LogP contribution in [0.3, 0.4) is 0 Å². The number of benzene rings is 10. The molecule has 0 unspecified atom stereocenters. The average molecular weight is 994 g/mol. The standard InChI is InChI=1S/C60H33Br3/c61-58-49(28-22-34-19-25-40-43-13-1-7-37-10-4-16-46(55(37)43)52(40)31-34)59(62)51(30-24-36-21-27-42-45-15-3-9-39-12-6-18-48(57(39)45)54(42)33-36)60(63)50(58)29-23-35-20-26-41-44-14-2-8-38-11-5-17-47(56(38)44)53(41)32-35/h1-33H/b28-22+,29-23+,30-24+. The lowest BCUT2D eigenvalue weighted by Gasteiger charge is -2.15. The highest BCUT2D eigenvalue weighted by molar-refractivity contribution is 9.11. The van der Waals surface area contributed by atoms with Gasteiger partial charge in [0.2, 0.25) is 0 Å². The van der Waals surface area contributed by atoms with E-state index in [4.69, 9.17) is 0 Å². The van der Waals surface area contributed by atoms with Crippen LogP contribution in [-0.2, 0) is 0 Å². The lowest BCUT2D eigenvalue weighted by atomic mass is 9.98. The maximum absolute atomic E-state index is 4.11. The van der Waals surface area contributed by atoms with E-state index in [-0.39, 0.29) is 0 Å². The molecule has 3 aliphatic rings. The summed E-state index contributed by atoms with van der Waals surface area (Å²) in [7, 11) is 0. The van der Waals surface area contributed by atoms with Crippen molar-refractivity contribution in [2.45, 2.75) is 0 Å². The smallest absolute Gasteiger partial charge is 0.0343 e. The first kappa shape index (κ1) is 37.2. The molecule has 0 spiro atoms. The molecule has 63 heavy (non-hydrogen) atoms. The molecule has 3 heteroatoms. The Morgan fingerprint density at radius 1 is 0.238 bits per heavy atom. The number of hydrogen-bond donors (Lipinski definition) is 0. The fraction of sp³-hybridized carbons (Fsp3) is 0. The number of fused-ring (bicyclic) bond motifs is 9. The highest BCUT2D eigenvalue weighted by Gasteiger charge is 2.24. The van der Waals surface area contributed by atoms with E-state index in [0.717, 1.165) is 46.8 Å². The van der Waals surface area contributed by atoms with Gasteiger partial charge in [0.15, 0.2) is 0 Å². The van der Waals surface area contributed by atoms with Gasteiger partial charge in [-0.05, 0) is 182 Å². The second kappa shape index (κ2) is 14.3. The van der Waals surface area contributed by atoms with Crippen molar-refractivity contribution in [2.75, 3.05) is 0 Å². The minimum absolute atomic E-state index is 1.01. The molecule has 0 heterocycles. The van der Waals surface area contributed by atoms with Crippen molar-refractivity contribution in [2.24, 2.45) is 0 Å². The summed E-state index contributed by atoms with van der Waals surface area (Å²) in [5.74, 6) is 0. The van der Waals surface area contributed by atoms with Gasteiger partial charge in [0.1, 0.15) is 0 Å². The van der Waals surface area contributed by atoms with Crippen molar-refractivity contribution in [3.05, 3.63) is 211 Å². The van der Waals surface area contributed by atoms with Crippen LogP contribution in [0.15, 0.2) is 177 Å². The Hall–Kier alpha value is -6.36. The Bertz CT molecular complexity index is 3340. The van der Waals surface area contributed by atoms with Crippen LogP contribution in [-0.4, -0.2) is 0 Å². The van der Waals surface area contributed by atoms with Crippen LogP contribution in [0.25, 0.3) is 136 Å². The molecule has 0 N–H and O–H groups in total. The molecule has 13 rings (SSSR count). The quantitative estimate of drug-likeness (QED) is 0.146. The van der Waals surface area contributed by atoms with Crippen molar-refractivity contribution in [1.82, 2.24) is 0 Å². The minimum Gasteiger partial charge on any atom is -0.0610 e. The second-order valence-electron chi connectivity index (χ2n) is 16.7. The Morgan fingerprint density at radius 3 is 0.762 bits per heavy atom. The first-order chi connectivity index (χ1) is 31.0. The van der Waals surface area contributed by atoms with Gasteiger partial charge in [-0.2, -0.15) is 0 Å². The van der Waals surface area contributed by atoms with Gasteiger partial charge in [-0.15, -0.1) is 0 Å². The molecule has 0 amide bonds. The van der Waals surface area contributed by atoms with E-state index >= 15 is 0 Å². The molecule has 0 aliphatic heterocycles. The van der Waals surface area contributed by atoms with E-state index in [1.165, 1.54) is 99.1 Å². The molecule has 0 nitrogen and oxygen atoms in total. The third kappa shape index (κ3) is 5.70. The summed E-state index contributed by atoms with van der Waals surface area (Å²) in [6, 6.07) is 60.3. The van der Waals surface area contributed by atoms with Crippen molar-refractivity contribution in [3.63, 3.8) is 0 Å². The summed E-state index contributed by atoms with van der Waals surface area (Å²) >= 11 is 12.3. The summed E-state index contributed by atoms with van der Waals surface area (Å²) in [6.45, 7) is 0. The van der Waals surface area contributed by atoms with Gasteiger partial charge in [0, 0.05) is 30.1 Å². The summed E-state index contributed by atoms with van der Waals surface area (Å²) in [4.78, 5) is 0. The summed E-state index contributed by atoms with van der Waals surface area (Å²) in [5.41, 5.74) is 22.2. The van der Waals surface area contributed by atoms with E-state index in [1.54, 1.807) is 0 Å². The fourth-order valence-corrected chi connectivity index (χ4v) is 13.2. The van der Waals surface area contributed by atoms with Crippen LogP contribution in [0.2, 0.25) is 0 Å². The molecular weight excluding hydrogens is 960 g/mol. The van der Waals surface area contributed by atoms with Crippen LogP contribution in [0.5, 0.6) is 0 Å². The highest BCUT2D eigenvalue weighted by atomic mass is 79.9. The van der Waals surface area contributed by atoms with Gasteiger partial charge in [0.05, 0.1) is 0 Å². The minimum atomic E-state index is 1.01. The predicted molar refractivity (Wildman–Crippen MR) is 281 cm³/mol. The SMILES string of the molecule is Brc1c(/C=C/c2ccc3c(c2)-c2cccc4cccc-3c24)c(Br)c(/C=C/c2ccc3c(c2)-c2cccc4cccc-3c24)c(Br)c1/C=C/c1ccc2c(c1)-c1cccc3cccc-2c13. The first-order valence-corrected chi connectivity index (χ1v) is 23.6. The monoisotopic (exact) mass is 990 g/mol. The van der Waals surface area contributed by atoms with Crippen molar-refractivity contribution in [1.29, 1.82) is 0 Å². The first-order valence-electron chi connectivity index (χ1n) is 21.2. The third-order valence-corrected chi connectivity index (χ3v) is 15.9. The van der Waals surface area contributed by atoms with Crippen LogP contribution in [0.1, 0.15) is 33.4 Å². The van der Waals surface area contributed by atoms with E-state index < -0.39 is 0 Å². The van der Waals surface area contributed by atoms with Crippen LogP contribution >= 0.6 is 47.8 Å². The van der Waals surface area contributed by atoms with E-state index in [1.807, 2.05) is 0 Å². The molecule has 10 aromatic rings. The lowest BCUT2D eigenvalue weighted by Crippen LogP contribution is -1.93. The fourth-order valence-electron chi connectivity index (χ4n) is 10.4. The zero-order chi connectivity index (χ0) is 41.9. The van der Waals surface area contributed by atoms with Gasteiger partial charge in [0.25, 0.3) is 0 Å². The Morgan fingerprint density at radius 2 is 0.492 bits per heavy atom. The maximum Gasteiger partial charge on any atom is 0.0343 e. The molecule has 0 saturated carbocycles. The number of rotatable bonds is 6. The molecule has 0 bridgehead atoms. The van der Waals surface area contributed by atoms with Crippen molar-refractivity contribution < 1.29 is 0 Å². The number of halogens is 3. The maximum atomic E-state index is 4.11. The van der Waals surface area contributed by atoms with Crippen LogP contribution in [0, 0.1) is 0 Å². The molecule has 0 fully saturated rings. The third-order valence-electron chi connectivity index (χ3n) is 13.3. The average Bonchev–Trinajstić information content (AvgIpc) is 3.94. The summed E-state index contributed by atoms with van der Waals surface area (Å²) in [5, 5.41) is 7.89. The molecular formula is C60H33Br3. The van der Waals surface area contributed by atoms with E-state index in [9.17, 15) is 0 Å². The highest BCUT2D eigenvalue weighted by Crippen LogP contribution is 2.51. The van der Waals surface area contributed by atoms with E-state index in [2.05, 4.69) is 248 Å². The van der Waals surface area contributed by atoms with Crippen LogP contribution in [0.4, 0.5) is 0 Å². The van der Waals surface area contributed by atoms with E-state index in [0.29, 0.717) is 0 Å². The Balaban J connectivity index is 0.911. The molecule has 10 aromatic carbocycles. The molecule has 3 aliphatic carbocycles. The zero-order valence-corrected chi connectivity index (χ0v) is 38.4. The van der Waals surface area contributed by atoms with Crippen molar-refractivity contribution >= 4 is 117 Å². The predicted octanol–water partition coefficient (Wildman–Crippen LogP) is 18.9. The Labute approximate surface area is 391 Å². The van der Waals surface area contributed by atoms with Gasteiger partial charge in [-0.1, -0.05) is 182 Å². The largest absolute Gasteiger partial charge is 0.0610 e. The second-order valence-corrected chi connectivity index (χ2v) is 19.1. The summed E-state index contributed by atoms with van der Waals surface area (Å²) < 4.78 is 3.02. The normalized spacial score (nSPS) is 12.8. The number of hydrogen-bond acceptors (Lipinski definition) is 0. The van der Waals surface area contributed by atoms with Gasteiger partial charge in [-0.3, -0.25) is 0 Å². The topological polar surface area (TPSA) is 0 Å².